The van der Waals surface area contributed by atoms with Crippen molar-refractivity contribution in [1.82, 2.24) is 9.99 Å². The van der Waals surface area contributed by atoms with Crippen molar-refractivity contribution in [2.45, 2.75) is 19.1 Å². The van der Waals surface area contributed by atoms with E-state index in [-0.39, 0.29) is 12.2 Å². The fraction of sp³-hybridized carbons (Fsp3) is 0.214. The monoisotopic (exact) mass is 271 g/mol. The van der Waals surface area contributed by atoms with Crippen molar-refractivity contribution in [3.63, 3.8) is 0 Å². The van der Waals surface area contributed by atoms with Gasteiger partial charge in [0, 0.05) is 30.1 Å². The summed E-state index contributed by atoms with van der Waals surface area (Å²) in [5, 5.41) is 16.1. The Bertz CT molecular complexity index is 652. The summed E-state index contributed by atoms with van der Waals surface area (Å²) in [6.07, 6.45) is 4.78. The summed E-state index contributed by atoms with van der Waals surface area (Å²) in [5.74, 6) is -0.357. The fourth-order valence-corrected chi connectivity index (χ4v) is 2.26. The van der Waals surface area contributed by atoms with Gasteiger partial charge in [-0.15, -0.1) is 0 Å². The van der Waals surface area contributed by atoms with Crippen LogP contribution in [0.15, 0.2) is 52.4 Å². The number of amides is 1. The van der Waals surface area contributed by atoms with Crippen molar-refractivity contribution in [2.75, 3.05) is 0 Å². The Morgan fingerprint density at radius 1 is 1.45 bits per heavy atom. The normalized spacial score (nSPS) is 21.9. The van der Waals surface area contributed by atoms with Crippen molar-refractivity contribution in [2.24, 2.45) is 5.10 Å². The van der Waals surface area contributed by atoms with Crippen LogP contribution in [0.25, 0.3) is 0 Å². The fourth-order valence-electron chi connectivity index (χ4n) is 2.26. The lowest BCUT2D eigenvalue weighted by atomic mass is 9.99. The highest BCUT2D eigenvalue weighted by Crippen LogP contribution is 2.35. The first-order chi connectivity index (χ1) is 9.61. The number of hydrogen-bond acceptors (Lipinski definition) is 5. The van der Waals surface area contributed by atoms with Crippen molar-refractivity contribution < 1.29 is 14.3 Å². The molecule has 102 valence electrons. The highest BCUT2D eigenvalue weighted by Gasteiger charge is 2.46. The molecule has 0 unspecified atom stereocenters. The number of aliphatic hydroxyl groups is 1. The Kier molecular flexibility index (Phi) is 2.87. The number of pyridine rings is 1. The molecule has 20 heavy (non-hydrogen) atoms. The van der Waals surface area contributed by atoms with E-state index in [1.54, 1.807) is 31.3 Å². The lowest BCUT2D eigenvalue weighted by Crippen LogP contribution is -2.43. The maximum Gasteiger partial charge on any atom is 0.312 e. The Morgan fingerprint density at radius 3 is 2.95 bits per heavy atom. The predicted octanol–water partition coefficient (Wildman–Crippen LogP) is 1.74. The summed E-state index contributed by atoms with van der Waals surface area (Å²) < 4.78 is 5.08. The maximum absolute atomic E-state index is 12.4. The molecule has 1 atom stereocenters. The van der Waals surface area contributed by atoms with Crippen LogP contribution >= 0.6 is 0 Å². The molecule has 1 N–H and O–H groups in total. The second-order valence-corrected chi connectivity index (χ2v) is 4.66. The molecule has 1 amide bonds. The Balaban J connectivity index is 2.02. The summed E-state index contributed by atoms with van der Waals surface area (Å²) >= 11 is 0. The quantitative estimate of drug-likeness (QED) is 0.902. The van der Waals surface area contributed by atoms with Gasteiger partial charge in [0.05, 0.1) is 6.26 Å². The average Bonchev–Trinajstić information content (AvgIpc) is 3.08. The van der Waals surface area contributed by atoms with E-state index >= 15 is 0 Å². The van der Waals surface area contributed by atoms with Gasteiger partial charge in [0.25, 0.3) is 0 Å². The van der Waals surface area contributed by atoms with Crippen LogP contribution in [-0.2, 0) is 5.72 Å². The number of carbonyl (C=O) groups is 1. The zero-order valence-corrected chi connectivity index (χ0v) is 10.9. The van der Waals surface area contributed by atoms with E-state index in [2.05, 4.69) is 10.1 Å². The second-order valence-electron chi connectivity index (χ2n) is 4.66. The molecular formula is C14H13N3O3. The van der Waals surface area contributed by atoms with E-state index in [9.17, 15) is 9.90 Å². The molecule has 1 aliphatic heterocycles. The van der Waals surface area contributed by atoms with E-state index in [1.165, 1.54) is 18.5 Å². The molecule has 0 radical (unpaired) electrons. The van der Waals surface area contributed by atoms with Crippen LogP contribution in [-0.4, -0.2) is 26.7 Å². The Morgan fingerprint density at radius 2 is 2.30 bits per heavy atom. The van der Waals surface area contributed by atoms with Gasteiger partial charge >= 0.3 is 5.91 Å². The zero-order valence-electron chi connectivity index (χ0n) is 10.9. The lowest BCUT2D eigenvalue weighted by Gasteiger charge is -2.30. The number of rotatable bonds is 2. The highest BCUT2D eigenvalue weighted by atomic mass is 16.4. The molecule has 0 spiro atoms. The SMILES string of the molecule is CC1=NN(C(=O)c2ccco2)[C@@](O)(c2cccnc2)C1. The summed E-state index contributed by atoms with van der Waals surface area (Å²) in [7, 11) is 0. The second kappa shape index (κ2) is 4.57. The summed E-state index contributed by atoms with van der Waals surface area (Å²) in [5.41, 5.74) is -0.348. The van der Waals surface area contributed by atoms with Crippen molar-refractivity contribution in [3.05, 3.63) is 54.2 Å². The van der Waals surface area contributed by atoms with Crippen LogP contribution < -0.4 is 0 Å². The summed E-state index contributed by atoms with van der Waals surface area (Å²) in [6, 6.07) is 6.57. The third kappa shape index (κ3) is 1.90. The molecule has 0 aliphatic carbocycles. The zero-order chi connectivity index (χ0) is 14.2. The lowest BCUT2D eigenvalue weighted by molar-refractivity contribution is -0.0778. The van der Waals surface area contributed by atoms with Crippen LogP contribution in [0.1, 0.15) is 29.5 Å². The maximum atomic E-state index is 12.4. The van der Waals surface area contributed by atoms with E-state index in [1.807, 2.05) is 0 Å². The molecule has 6 nitrogen and oxygen atoms in total. The van der Waals surface area contributed by atoms with Gasteiger partial charge in [0.2, 0.25) is 0 Å². The minimum Gasteiger partial charge on any atom is -0.459 e. The van der Waals surface area contributed by atoms with Crippen LogP contribution in [0.5, 0.6) is 0 Å². The minimum atomic E-state index is -1.53. The predicted molar refractivity (Wildman–Crippen MR) is 70.7 cm³/mol. The van der Waals surface area contributed by atoms with Gasteiger partial charge in [-0.2, -0.15) is 10.1 Å². The molecule has 0 fully saturated rings. The molecule has 6 heteroatoms. The van der Waals surface area contributed by atoms with Gasteiger partial charge in [-0.1, -0.05) is 6.07 Å². The molecule has 3 rings (SSSR count). The van der Waals surface area contributed by atoms with Gasteiger partial charge in [-0.3, -0.25) is 9.78 Å². The average molecular weight is 271 g/mol. The first-order valence-corrected chi connectivity index (χ1v) is 6.16. The van der Waals surface area contributed by atoms with Gasteiger partial charge in [0.1, 0.15) is 0 Å². The van der Waals surface area contributed by atoms with E-state index in [4.69, 9.17) is 4.42 Å². The third-order valence-corrected chi connectivity index (χ3v) is 3.17. The number of hydrogen-bond donors (Lipinski definition) is 1. The van der Waals surface area contributed by atoms with E-state index < -0.39 is 11.6 Å². The number of carbonyl (C=O) groups excluding carboxylic acids is 1. The van der Waals surface area contributed by atoms with Crippen molar-refractivity contribution >= 4 is 11.6 Å². The smallest absolute Gasteiger partial charge is 0.312 e. The van der Waals surface area contributed by atoms with Crippen LogP contribution in [0.3, 0.4) is 0 Å². The van der Waals surface area contributed by atoms with Crippen LogP contribution in [0.4, 0.5) is 0 Å². The van der Waals surface area contributed by atoms with Crippen LogP contribution in [0.2, 0.25) is 0 Å². The first-order valence-electron chi connectivity index (χ1n) is 6.16. The van der Waals surface area contributed by atoms with E-state index in [0.717, 1.165) is 5.01 Å². The molecule has 3 heterocycles. The van der Waals surface area contributed by atoms with E-state index in [0.29, 0.717) is 11.3 Å². The molecule has 0 bridgehead atoms. The summed E-state index contributed by atoms with van der Waals surface area (Å²) in [4.78, 5) is 16.4. The molecule has 2 aromatic heterocycles. The molecular weight excluding hydrogens is 258 g/mol. The molecule has 0 saturated heterocycles. The first kappa shape index (κ1) is 12.6. The number of nitrogens with zero attached hydrogens (tertiary/aromatic N) is 3. The molecule has 1 aliphatic rings. The number of hydrazone groups is 1. The van der Waals surface area contributed by atoms with Gasteiger partial charge in [-0.25, -0.2) is 0 Å². The van der Waals surface area contributed by atoms with Gasteiger partial charge in [0.15, 0.2) is 11.5 Å². The third-order valence-electron chi connectivity index (χ3n) is 3.17. The topological polar surface area (TPSA) is 78.9 Å². The number of aromatic nitrogens is 1. The van der Waals surface area contributed by atoms with Crippen molar-refractivity contribution in [1.29, 1.82) is 0 Å². The molecule has 0 aromatic carbocycles. The largest absolute Gasteiger partial charge is 0.459 e. The molecule has 0 saturated carbocycles. The standard InChI is InChI=1S/C14H13N3O3/c1-10-8-14(19,11-4-2-6-15-9-11)17(16-10)13(18)12-5-3-7-20-12/h2-7,9,19H,8H2,1H3/t14-/m0/s1. The Hall–Kier alpha value is -2.47. The highest BCUT2D eigenvalue weighted by molar-refractivity contribution is 5.95. The van der Waals surface area contributed by atoms with Crippen molar-refractivity contribution in [3.8, 4) is 0 Å². The number of furan rings is 1. The Labute approximate surface area is 115 Å². The van der Waals surface area contributed by atoms with Gasteiger partial charge in [-0.05, 0) is 25.1 Å². The summed E-state index contributed by atoms with van der Waals surface area (Å²) in [6.45, 7) is 1.76. The van der Waals surface area contributed by atoms with Gasteiger partial charge < -0.3 is 9.52 Å². The molecule has 2 aromatic rings. The van der Waals surface area contributed by atoms with Crippen LogP contribution in [0, 0.1) is 0 Å². The minimum absolute atomic E-state index is 0.130.